The predicted octanol–water partition coefficient (Wildman–Crippen LogP) is 3.44. The van der Waals surface area contributed by atoms with Gasteiger partial charge >= 0.3 is 0 Å². The maximum atomic E-state index is 13.2. The summed E-state index contributed by atoms with van der Waals surface area (Å²) in [5.41, 5.74) is 4.84. The van der Waals surface area contributed by atoms with Crippen LogP contribution in [0.4, 0.5) is 5.69 Å². The van der Waals surface area contributed by atoms with E-state index in [1.54, 1.807) is 11.1 Å². The minimum atomic E-state index is -2.40. The molecule has 1 aliphatic carbocycles. The summed E-state index contributed by atoms with van der Waals surface area (Å²) < 4.78 is 30.9. The van der Waals surface area contributed by atoms with Crippen LogP contribution in [-0.2, 0) is 28.0 Å². The number of anilines is 1. The van der Waals surface area contributed by atoms with Crippen LogP contribution in [0.15, 0.2) is 36.7 Å². The number of benzene rings is 1. The van der Waals surface area contributed by atoms with Gasteiger partial charge in [-0.2, -0.15) is 0 Å². The third kappa shape index (κ3) is 4.49. The second-order valence-electron chi connectivity index (χ2n) is 10.5. The minimum absolute atomic E-state index is 0.0886. The van der Waals surface area contributed by atoms with Crippen molar-refractivity contribution in [3.63, 3.8) is 0 Å². The molecule has 3 aromatic rings. The van der Waals surface area contributed by atoms with Gasteiger partial charge in [0.1, 0.15) is 0 Å². The maximum absolute atomic E-state index is 13.2. The minimum Gasteiger partial charge on any atom is -0.760 e. The van der Waals surface area contributed by atoms with E-state index in [1.165, 1.54) is 12.8 Å². The van der Waals surface area contributed by atoms with Crippen molar-refractivity contribution >= 4 is 33.8 Å². The molecule has 1 N–H and O–H groups in total. The number of hydrogen-bond donors (Lipinski definition) is 1. The first-order chi connectivity index (χ1) is 18.5. The highest BCUT2D eigenvalue weighted by Gasteiger charge is 2.54. The van der Waals surface area contributed by atoms with Gasteiger partial charge in [0.25, 0.3) is 0 Å². The first-order valence-electron chi connectivity index (χ1n) is 13.3. The highest BCUT2D eigenvalue weighted by atomic mass is 32.2. The quantitative estimate of drug-likeness (QED) is 0.331. The van der Waals surface area contributed by atoms with Gasteiger partial charge in [0.15, 0.2) is 0 Å². The number of likely N-dealkylation sites (tertiary alicyclic amines) is 1. The average molecular weight is 535 g/mol. The molecule has 200 valence electrons. The van der Waals surface area contributed by atoms with Crippen molar-refractivity contribution in [3.05, 3.63) is 47.8 Å². The molecular weight excluding hydrogens is 502 g/mol. The number of hydrogen-bond acceptors (Lipinski definition) is 7. The van der Waals surface area contributed by atoms with E-state index in [0.717, 1.165) is 78.6 Å². The Morgan fingerprint density at radius 2 is 1.92 bits per heavy atom. The Morgan fingerprint density at radius 3 is 2.66 bits per heavy atom. The average Bonchev–Trinajstić information content (AvgIpc) is 3.50. The van der Waals surface area contributed by atoms with E-state index < -0.39 is 16.7 Å². The molecule has 0 radical (unpaired) electrons. The lowest BCUT2D eigenvalue weighted by molar-refractivity contribution is -0.125. The molecule has 10 heteroatoms. The summed E-state index contributed by atoms with van der Waals surface area (Å²) >= 11 is -2.40. The molecule has 3 aliphatic rings. The smallest absolute Gasteiger partial charge is 0.237 e. The Kier molecular flexibility index (Phi) is 6.90. The molecule has 2 aliphatic heterocycles. The Labute approximate surface area is 225 Å². The van der Waals surface area contributed by atoms with Gasteiger partial charge in [-0.25, -0.2) is 9.71 Å². The van der Waals surface area contributed by atoms with Gasteiger partial charge in [0.05, 0.1) is 29.4 Å². The first kappa shape index (κ1) is 25.4. The van der Waals surface area contributed by atoms with Gasteiger partial charge in [0.2, 0.25) is 11.8 Å². The summed E-state index contributed by atoms with van der Waals surface area (Å²) in [5.74, 6) is 0.599. The summed E-state index contributed by atoms with van der Waals surface area (Å²) in [5, 5.41) is 0.986. The number of nitrogens with zero attached hydrogens (tertiary/aromatic N) is 4. The maximum Gasteiger partial charge on any atom is 0.237 e. The van der Waals surface area contributed by atoms with Crippen molar-refractivity contribution in [1.29, 1.82) is 0 Å². The van der Waals surface area contributed by atoms with Crippen LogP contribution in [0, 0.1) is 0 Å². The summed E-state index contributed by atoms with van der Waals surface area (Å²) in [6.45, 7) is 3.89. The summed E-state index contributed by atoms with van der Waals surface area (Å²) in [6, 6.07) is 7.99. The molecule has 1 amide bonds. The van der Waals surface area contributed by atoms with Crippen LogP contribution in [0.25, 0.3) is 22.0 Å². The Bertz CT molecular complexity index is 1400. The molecule has 1 spiro atoms. The lowest BCUT2D eigenvalue weighted by Crippen LogP contribution is -2.43. The number of rotatable bonds is 9. The molecule has 4 heterocycles. The van der Waals surface area contributed by atoms with E-state index in [4.69, 9.17) is 4.74 Å². The van der Waals surface area contributed by atoms with Gasteiger partial charge in [-0.05, 0) is 69.0 Å². The Hall–Kier alpha value is -2.92. The zero-order valence-electron chi connectivity index (χ0n) is 21.6. The van der Waals surface area contributed by atoms with Gasteiger partial charge in [0, 0.05) is 59.7 Å². The third-order valence-electron chi connectivity index (χ3n) is 8.30. The van der Waals surface area contributed by atoms with E-state index in [0.29, 0.717) is 18.1 Å². The fourth-order valence-electron chi connectivity index (χ4n) is 6.16. The number of ether oxygens (including phenoxy) is 1. The van der Waals surface area contributed by atoms with E-state index in [-0.39, 0.29) is 12.5 Å². The molecule has 2 fully saturated rings. The van der Waals surface area contributed by atoms with Crippen LogP contribution in [-0.4, -0.2) is 62.8 Å². The van der Waals surface area contributed by atoms with Crippen molar-refractivity contribution in [1.82, 2.24) is 19.6 Å². The largest absolute Gasteiger partial charge is 0.760 e. The SMILES string of the molecule is CN1C(=O)C2(CCC2)c2c1cnc1ccc(-c3cnc(OCCCN4CCCC4)c(CNS(=O)[O-])c3)cc21. The number of nitrogens with one attached hydrogen (secondary N) is 1. The van der Waals surface area contributed by atoms with Gasteiger partial charge in [-0.3, -0.25) is 14.0 Å². The lowest BCUT2D eigenvalue weighted by atomic mass is 9.64. The van der Waals surface area contributed by atoms with Crippen molar-refractivity contribution in [2.75, 3.05) is 38.2 Å². The summed E-state index contributed by atoms with van der Waals surface area (Å²) in [4.78, 5) is 26.6. The molecule has 6 rings (SSSR count). The van der Waals surface area contributed by atoms with Crippen LogP contribution >= 0.6 is 0 Å². The molecule has 9 nitrogen and oxygen atoms in total. The summed E-state index contributed by atoms with van der Waals surface area (Å²) in [6.07, 6.45) is 9.75. The number of amides is 1. The number of likely N-dealkylation sites (N-methyl/N-ethyl adjacent to an activating group) is 1. The highest BCUT2D eigenvalue weighted by molar-refractivity contribution is 7.77. The van der Waals surface area contributed by atoms with Crippen molar-refractivity contribution in [3.8, 4) is 17.0 Å². The number of carbonyl (C=O) groups is 1. The summed E-state index contributed by atoms with van der Waals surface area (Å²) in [7, 11) is 1.83. The number of carbonyl (C=O) groups excluding carboxylic acids is 1. The molecule has 1 saturated carbocycles. The van der Waals surface area contributed by atoms with Crippen LogP contribution < -0.4 is 14.4 Å². The highest BCUT2D eigenvalue weighted by Crippen LogP contribution is 2.55. The van der Waals surface area contributed by atoms with Gasteiger partial charge in [-0.1, -0.05) is 12.5 Å². The first-order valence-corrected chi connectivity index (χ1v) is 14.4. The second kappa shape index (κ2) is 10.3. The topological polar surface area (TPSA) is 111 Å². The lowest BCUT2D eigenvalue weighted by Gasteiger charge is -2.37. The van der Waals surface area contributed by atoms with Crippen molar-refractivity contribution in [2.24, 2.45) is 0 Å². The molecule has 1 saturated heterocycles. The van der Waals surface area contributed by atoms with Crippen LogP contribution in [0.1, 0.15) is 49.7 Å². The molecule has 2 aromatic heterocycles. The predicted molar refractivity (Wildman–Crippen MR) is 145 cm³/mol. The Balaban J connectivity index is 1.30. The van der Waals surface area contributed by atoms with E-state index in [2.05, 4.69) is 25.7 Å². The molecule has 0 bridgehead atoms. The van der Waals surface area contributed by atoms with E-state index >= 15 is 0 Å². The number of fused-ring (bicyclic) bond motifs is 4. The van der Waals surface area contributed by atoms with Crippen LogP contribution in [0.5, 0.6) is 5.88 Å². The standard InChI is InChI=1S/C28H33N5O4S/c1-32-24-18-29-23-7-6-19(15-22(23)25(24)28(27(32)34)8-4-9-28)20-14-21(17-31-38(35)36)26(30-16-20)37-13-5-12-33-10-2-3-11-33/h6-7,14-16,18,31H,2-5,8-13,17H2,1H3,(H,35,36)/p-1. The normalized spacial score (nSPS) is 19.2. The van der Waals surface area contributed by atoms with Crippen LogP contribution in [0.2, 0.25) is 0 Å². The molecular formula is C28H32N5O4S-. The van der Waals surface area contributed by atoms with E-state index in [1.807, 2.05) is 31.4 Å². The van der Waals surface area contributed by atoms with Crippen molar-refractivity contribution in [2.45, 2.75) is 50.5 Å². The molecule has 38 heavy (non-hydrogen) atoms. The van der Waals surface area contributed by atoms with Crippen molar-refractivity contribution < 1.29 is 18.3 Å². The van der Waals surface area contributed by atoms with Gasteiger partial charge in [-0.15, -0.1) is 0 Å². The zero-order valence-corrected chi connectivity index (χ0v) is 22.4. The Morgan fingerprint density at radius 1 is 1.11 bits per heavy atom. The van der Waals surface area contributed by atoms with E-state index in [9.17, 15) is 13.6 Å². The third-order valence-corrected chi connectivity index (χ3v) is 8.68. The van der Waals surface area contributed by atoms with Crippen LogP contribution in [0.3, 0.4) is 0 Å². The zero-order chi connectivity index (χ0) is 26.3. The molecule has 1 aromatic carbocycles. The molecule has 1 unspecified atom stereocenters. The fourth-order valence-corrected chi connectivity index (χ4v) is 6.44. The molecule has 1 atom stereocenters. The fraction of sp³-hybridized carbons (Fsp3) is 0.464. The number of pyridine rings is 2. The van der Waals surface area contributed by atoms with Gasteiger partial charge < -0.3 is 19.1 Å². The monoisotopic (exact) mass is 534 g/mol. The second-order valence-corrected chi connectivity index (χ2v) is 11.3. The number of aromatic nitrogens is 2.